The van der Waals surface area contributed by atoms with Crippen LogP contribution in [-0.2, 0) is 6.54 Å². The fourth-order valence-electron chi connectivity index (χ4n) is 1.97. The van der Waals surface area contributed by atoms with Crippen molar-refractivity contribution in [2.75, 3.05) is 18.5 Å². The molecule has 0 heterocycles. The molecule has 1 amide bonds. The summed E-state index contributed by atoms with van der Waals surface area (Å²) in [6.45, 7) is 0.181. The van der Waals surface area contributed by atoms with Gasteiger partial charge in [-0.1, -0.05) is 18.2 Å². The Morgan fingerprint density at radius 2 is 1.75 bits per heavy atom. The van der Waals surface area contributed by atoms with E-state index in [0.29, 0.717) is 22.5 Å². The molecule has 2 aromatic carbocycles. The molecule has 0 aliphatic heterocycles. The summed E-state index contributed by atoms with van der Waals surface area (Å²) in [5, 5.41) is 0. The second-order valence-electron chi connectivity index (χ2n) is 4.64. The predicted molar refractivity (Wildman–Crippen MR) is 77.5 cm³/mol. The maximum Gasteiger partial charge on any atom is 0.254 e. The van der Waals surface area contributed by atoms with E-state index >= 15 is 0 Å². The van der Waals surface area contributed by atoms with Crippen molar-refractivity contribution in [1.29, 1.82) is 0 Å². The molecule has 4 N–H and O–H groups in total. The van der Waals surface area contributed by atoms with Crippen molar-refractivity contribution in [3.63, 3.8) is 0 Å². The van der Waals surface area contributed by atoms with Crippen LogP contribution in [0.3, 0.4) is 0 Å². The second-order valence-corrected chi connectivity index (χ2v) is 4.64. The van der Waals surface area contributed by atoms with Crippen LogP contribution in [0.4, 0.5) is 15.8 Å². The Balaban J connectivity index is 2.18. The van der Waals surface area contributed by atoms with Gasteiger partial charge in [-0.15, -0.1) is 0 Å². The predicted octanol–water partition coefficient (Wildman–Crippen LogP) is 2.26. The molecular weight excluding hydrogens is 257 g/mol. The largest absolute Gasteiger partial charge is 0.399 e. The zero-order valence-electron chi connectivity index (χ0n) is 11.1. The molecule has 0 aliphatic carbocycles. The van der Waals surface area contributed by atoms with Gasteiger partial charge in [0.2, 0.25) is 0 Å². The lowest BCUT2D eigenvalue weighted by atomic mass is 10.1. The number of carbonyl (C=O) groups excluding carboxylic acids is 1. The Morgan fingerprint density at radius 3 is 2.35 bits per heavy atom. The summed E-state index contributed by atoms with van der Waals surface area (Å²) in [5.41, 5.74) is 13.0. The summed E-state index contributed by atoms with van der Waals surface area (Å²) < 4.78 is 13.6. The Kier molecular flexibility index (Phi) is 3.89. The standard InChI is InChI=1S/C15H16FN3O/c1-19(9-10-4-2-3-5-14(10)16)15(20)11-6-12(17)8-13(18)7-11/h2-8H,9,17-18H2,1H3. The van der Waals surface area contributed by atoms with Gasteiger partial charge in [0.15, 0.2) is 0 Å². The van der Waals surface area contributed by atoms with E-state index in [-0.39, 0.29) is 18.3 Å². The number of nitrogens with two attached hydrogens (primary N) is 2. The van der Waals surface area contributed by atoms with Crippen LogP contribution in [0.1, 0.15) is 15.9 Å². The molecule has 2 aromatic rings. The van der Waals surface area contributed by atoms with Crippen LogP contribution >= 0.6 is 0 Å². The Morgan fingerprint density at radius 1 is 1.15 bits per heavy atom. The Hall–Kier alpha value is -2.56. The topological polar surface area (TPSA) is 72.3 Å². The van der Waals surface area contributed by atoms with Crippen molar-refractivity contribution < 1.29 is 9.18 Å². The monoisotopic (exact) mass is 273 g/mol. The summed E-state index contributed by atoms with van der Waals surface area (Å²) in [5.74, 6) is -0.591. The summed E-state index contributed by atoms with van der Waals surface area (Å²) in [6, 6.07) is 11.0. The van der Waals surface area contributed by atoms with Crippen molar-refractivity contribution in [2.24, 2.45) is 0 Å². The third kappa shape index (κ3) is 3.06. The van der Waals surface area contributed by atoms with E-state index in [4.69, 9.17) is 11.5 Å². The molecule has 0 aliphatic rings. The van der Waals surface area contributed by atoms with Crippen LogP contribution in [0.2, 0.25) is 0 Å². The van der Waals surface area contributed by atoms with Crippen LogP contribution < -0.4 is 11.5 Å². The highest BCUT2D eigenvalue weighted by Crippen LogP contribution is 2.17. The van der Waals surface area contributed by atoms with Gasteiger partial charge in [-0.3, -0.25) is 4.79 Å². The molecule has 0 atom stereocenters. The van der Waals surface area contributed by atoms with E-state index in [1.54, 1.807) is 43.4 Å². The Bertz CT molecular complexity index is 623. The number of halogens is 1. The number of nitrogens with zero attached hydrogens (tertiary/aromatic N) is 1. The van der Waals surface area contributed by atoms with E-state index in [2.05, 4.69) is 0 Å². The first-order chi connectivity index (χ1) is 9.47. The van der Waals surface area contributed by atoms with Crippen molar-refractivity contribution in [1.82, 2.24) is 4.90 Å². The highest BCUT2D eigenvalue weighted by Gasteiger charge is 2.14. The first-order valence-electron chi connectivity index (χ1n) is 6.12. The van der Waals surface area contributed by atoms with E-state index in [1.165, 1.54) is 11.0 Å². The van der Waals surface area contributed by atoms with E-state index < -0.39 is 0 Å². The molecule has 0 spiro atoms. The highest BCUT2D eigenvalue weighted by atomic mass is 19.1. The molecule has 0 bridgehead atoms. The van der Waals surface area contributed by atoms with Gasteiger partial charge in [-0.05, 0) is 24.3 Å². The number of carbonyl (C=O) groups is 1. The average molecular weight is 273 g/mol. The zero-order chi connectivity index (χ0) is 14.7. The average Bonchev–Trinajstić information content (AvgIpc) is 2.39. The molecule has 5 heteroatoms. The van der Waals surface area contributed by atoms with Gasteiger partial charge < -0.3 is 16.4 Å². The number of nitrogen functional groups attached to an aromatic ring is 2. The molecule has 4 nitrogen and oxygen atoms in total. The van der Waals surface area contributed by atoms with Gasteiger partial charge >= 0.3 is 0 Å². The summed E-state index contributed by atoms with van der Waals surface area (Å²) >= 11 is 0. The van der Waals surface area contributed by atoms with Crippen LogP contribution in [0.15, 0.2) is 42.5 Å². The normalized spacial score (nSPS) is 10.3. The lowest BCUT2D eigenvalue weighted by Gasteiger charge is -2.18. The van der Waals surface area contributed by atoms with Crippen LogP contribution in [-0.4, -0.2) is 17.9 Å². The maximum absolute atomic E-state index is 13.6. The van der Waals surface area contributed by atoms with E-state index in [9.17, 15) is 9.18 Å². The second kappa shape index (κ2) is 5.61. The van der Waals surface area contributed by atoms with Crippen LogP contribution in [0.25, 0.3) is 0 Å². The van der Waals surface area contributed by atoms with E-state index in [0.717, 1.165) is 0 Å². The number of benzene rings is 2. The zero-order valence-corrected chi connectivity index (χ0v) is 11.1. The van der Waals surface area contributed by atoms with Crippen LogP contribution in [0.5, 0.6) is 0 Å². The van der Waals surface area contributed by atoms with Crippen molar-refractivity contribution in [3.05, 3.63) is 59.4 Å². The van der Waals surface area contributed by atoms with E-state index in [1.807, 2.05) is 0 Å². The third-order valence-electron chi connectivity index (χ3n) is 2.94. The highest BCUT2D eigenvalue weighted by molar-refractivity contribution is 5.95. The van der Waals surface area contributed by atoms with Crippen molar-refractivity contribution in [2.45, 2.75) is 6.54 Å². The number of hydrogen-bond donors (Lipinski definition) is 2. The fourth-order valence-corrected chi connectivity index (χ4v) is 1.97. The first kappa shape index (κ1) is 13.9. The lowest BCUT2D eigenvalue weighted by Crippen LogP contribution is -2.26. The summed E-state index contributed by atoms with van der Waals surface area (Å²) in [6.07, 6.45) is 0. The number of rotatable bonds is 3. The minimum atomic E-state index is -0.334. The van der Waals surface area contributed by atoms with Crippen LogP contribution in [0, 0.1) is 5.82 Å². The van der Waals surface area contributed by atoms with Gasteiger partial charge in [0.25, 0.3) is 5.91 Å². The van der Waals surface area contributed by atoms with Crippen molar-refractivity contribution >= 4 is 17.3 Å². The molecule has 0 fully saturated rings. The van der Waals surface area contributed by atoms with Gasteiger partial charge in [0.1, 0.15) is 5.82 Å². The fraction of sp³-hybridized carbons (Fsp3) is 0.133. The third-order valence-corrected chi connectivity index (χ3v) is 2.94. The molecule has 0 unspecified atom stereocenters. The number of hydrogen-bond acceptors (Lipinski definition) is 3. The smallest absolute Gasteiger partial charge is 0.254 e. The summed E-state index contributed by atoms with van der Waals surface area (Å²) in [7, 11) is 1.61. The maximum atomic E-state index is 13.6. The Labute approximate surface area is 116 Å². The molecule has 2 rings (SSSR count). The molecule has 0 saturated heterocycles. The van der Waals surface area contributed by atoms with Gasteiger partial charge in [0.05, 0.1) is 0 Å². The minimum Gasteiger partial charge on any atom is -0.399 e. The molecule has 0 aromatic heterocycles. The molecule has 104 valence electrons. The lowest BCUT2D eigenvalue weighted by molar-refractivity contribution is 0.0784. The SMILES string of the molecule is CN(Cc1ccccc1F)C(=O)c1cc(N)cc(N)c1. The molecule has 0 radical (unpaired) electrons. The quantitative estimate of drug-likeness (QED) is 0.842. The van der Waals surface area contributed by atoms with Crippen molar-refractivity contribution in [3.8, 4) is 0 Å². The number of amides is 1. The molecule has 0 saturated carbocycles. The summed E-state index contributed by atoms with van der Waals surface area (Å²) in [4.78, 5) is 13.7. The first-order valence-corrected chi connectivity index (χ1v) is 6.12. The molecular formula is C15H16FN3O. The minimum absolute atomic E-state index is 0.181. The van der Waals surface area contributed by atoms with Gasteiger partial charge in [-0.25, -0.2) is 4.39 Å². The molecule has 20 heavy (non-hydrogen) atoms. The number of anilines is 2. The van der Waals surface area contributed by atoms with Gasteiger partial charge in [0, 0.05) is 36.1 Å². The van der Waals surface area contributed by atoms with Gasteiger partial charge in [-0.2, -0.15) is 0 Å².